The van der Waals surface area contributed by atoms with Gasteiger partial charge in [-0.1, -0.05) is 36.4 Å². The summed E-state index contributed by atoms with van der Waals surface area (Å²) in [5.41, 5.74) is 5.93. The van der Waals surface area contributed by atoms with E-state index in [2.05, 4.69) is 68.4 Å². The van der Waals surface area contributed by atoms with Gasteiger partial charge >= 0.3 is 0 Å². The van der Waals surface area contributed by atoms with Gasteiger partial charge in [-0.3, -0.25) is 0 Å². The van der Waals surface area contributed by atoms with Crippen molar-refractivity contribution in [1.29, 1.82) is 0 Å². The lowest BCUT2D eigenvalue weighted by molar-refractivity contribution is 0.768. The fraction of sp³-hybridized carbons (Fsp3) is 0.0870. The van der Waals surface area contributed by atoms with Gasteiger partial charge in [-0.25, -0.2) is 9.67 Å². The highest BCUT2D eigenvalue weighted by atomic mass is 32.1. The molecular formula is C23H16N6S2. The van der Waals surface area contributed by atoms with E-state index in [0.717, 1.165) is 53.5 Å². The lowest BCUT2D eigenvalue weighted by Crippen LogP contribution is -2.04. The van der Waals surface area contributed by atoms with Crippen molar-refractivity contribution in [3.63, 3.8) is 0 Å². The number of aryl methyl sites for hydroxylation is 2. The van der Waals surface area contributed by atoms with Gasteiger partial charge in [-0.15, -0.1) is 32.9 Å². The van der Waals surface area contributed by atoms with Crippen LogP contribution in [0.4, 0.5) is 0 Å². The summed E-state index contributed by atoms with van der Waals surface area (Å²) in [5, 5.41) is 20.6. The van der Waals surface area contributed by atoms with Gasteiger partial charge < -0.3 is 0 Å². The van der Waals surface area contributed by atoms with Gasteiger partial charge in [-0.2, -0.15) is 5.10 Å². The van der Waals surface area contributed by atoms with Crippen LogP contribution in [0.5, 0.6) is 0 Å². The highest BCUT2D eigenvalue weighted by Gasteiger charge is 2.21. The zero-order valence-electron chi connectivity index (χ0n) is 16.8. The van der Waals surface area contributed by atoms with Gasteiger partial charge in [0.2, 0.25) is 0 Å². The van der Waals surface area contributed by atoms with Crippen LogP contribution >= 0.6 is 22.7 Å². The minimum Gasteiger partial charge on any atom is -0.236 e. The molecule has 31 heavy (non-hydrogen) atoms. The highest BCUT2D eigenvalue weighted by molar-refractivity contribution is 7.25. The Labute approximate surface area is 185 Å². The maximum Gasteiger partial charge on any atom is 0.197 e. The summed E-state index contributed by atoms with van der Waals surface area (Å²) in [7, 11) is 0. The Balaban J connectivity index is 1.72. The zero-order valence-corrected chi connectivity index (χ0v) is 18.4. The molecule has 5 heterocycles. The van der Waals surface area contributed by atoms with Crippen LogP contribution < -0.4 is 0 Å². The zero-order chi connectivity index (χ0) is 20.9. The minimum atomic E-state index is 0.690. The van der Waals surface area contributed by atoms with Gasteiger partial charge in [0, 0.05) is 11.1 Å². The van der Waals surface area contributed by atoms with Crippen LogP contribution in [-0.2, 0) is 0 Å². The Hall–Kier alpha value is -3.49. The molecular weight excluding hydrogens is 424 g/mol. The normalized spacial score (nSPS) is 11.5. The molecule has 6 aromatic rings. The molecule has 0 aliphatic heterocycles. The van der Waals surface area contributed by atoms with Crippen molar-refractivity contribution >= 4 is 43.1 Å². The van der Waals surface area contributed by atoms with E-state index in [1.165, 1.54) is 0 Å². The van der Waals surface area contributed by atoms with E-state index in [9.17, 15) is 0 Å². The SMILES string of the molecule is Cc1cc(C)n(-c2nnnc3c2sc2nc(-c4cccs4)cc(-c4ccccc4)c23)n1. The third kappa shape index (κ3) is 2.95. The van der Waals surface area contributed by atoms with Gasteiger partial charge in [0.15, 0.2) is 5.82 Å². The molecule has 0 spiro atoms. The smallest absolute Gasteiger partial charge is 0.197 e. The molecule has 0 saturated heterocycles. The summed E-state index contributed by atoms with van der Waals surface area (Å²) in [4.78, 5) is 7.07. The molecule has 0 fully saturated rings. The Bertz CT molecular complexity index is 1550. The number of thiophene rings is 2. The molecule has 1 aromatic carbocycles. The highest BCUT2D eigenvalue weighted by Crippen LogP contribution is 2.41. The molecule has 0 amide bonds. The predicted octanol–water partition coefficient (Wildman–Crippen LogP) is 5.83. The molecule has 6 nitrogen and oxygen atoms in total. The second kappa shape index (κ2) is 7.04. The molecule has 0 aliphatic carbocycles. The first-order valence-electron chi connectivity index (χ1n) is 9.78. The second-order valence-corrected chi connectivity index (χ2v) is 9.26. The molecule has 0 radical (unpaired) electrons. The average molecular weight is 441 g/mol. The van der Waals surface area contributed by atoms with Crippen LogP contribution in [0, 0.1) is 13.8 Å². The quantitative estimate of drug-likeness (QED) is 0.346. The van der Waals surface area contributed by atoms with Crippen molar-refractivity contribution in [2.75, 3.05) is 0 Å². The predicted molar refractivity (Wildman–Crippen MR) is 126 cm³/mol. The number of benzene rings is 1. The summed E-state index contributed by atoms with van der Waals surface area (Å²) >= 11 is 3.28. The van der Waals surface area contributed by atoms with Crippen molar-refractivity contribution in [2.24, 2.45) is 0 Å². The van der Waals surface area contributed by atoms with E-state index in [4.69, 9.17) is 4.98 Å². The maximum atomic E-state index is 5.01. The first kappa shape index (κ1) is 18.3. The molecule has 0 aliphatic rings. The number of rotatable bonds is 3. The number of fused-ring (bicyclic) bond motifs is 3. The van der Waals surface area contributed by atoms with Crippen molar-refractivity contribution in [3.05, 3.63) is 71.4 Å². The Kier molecular flexibility index (Phi) is 4.15. The summed E-state index contributed by atoms with van der Waals surface area (Å²) in [6.45, 7) is 3.99. The molecule has 0 unspecified atom stereocenters. The van der Waals surface area contributed by atoms with E-state index >= 15 is 0 Å². The third-order valence-electron chi connectivity index (χ3n) is 5.19. The largest absolute Gasteiger partial charge is 0.236 e. The fourth-order valence-corrected chi connectivity index (χ4v) is 5.65. The molecule has 5 aromatic heterocycles. The second-order valence-electron chi connectivity index (χ2n) is 7.31. The first-order valence-corrected chi connectivity index (χ1v) is 11.5. The standard InChI is InChI=1S/C23H16N6S2/c1-13-11-14(2)29(27-13)22-21-20(25-28-26-22)19-16(15-7-4-3-5-8-15)12-17(24-23(19)31-21)18-9-6-10-30-18/h3-12H,1-2H3. The summed E-state index contributed by atoms with van der Waals surface area (Å²) in [5.74, 6) is 0.690. The Morgan fingerprint density at radius 3 is 2.55 bits per heavy atom. The molecule has 8 heteroatoms. The first-order chi connectivity index (χ1) is 15.2. The van der Waals surface area contributed by atoms with E-state index in [1.54, 1.807) is 22.7 Å². The van der Waals surface area contributed by atoms with Crippen molar-refractivity contribution in [3.8, 4) is 27.5 Å². The monoisotopic (exact) mass is 440 g/mol. The van der Waals surface area contributed by atoms with E-state index < -0.39 is 0 Å². The summed E-state index contributed by atoms with van der Waals surface area (Å²) < 4.78 is 2.77. The van der Waals surface area contributed by atoms with E-state index in [1.807, 2.05) is 30.7 Å². The Morgan fingerprint density at radius 1 is 0.935 bits per heavy atom. The number of nitrogens with zero attached hydrogens (tertiary/aromatic N) is 6. The minimum absolute atomic E-state index is 0.690. The maximum absolute atomic E-state index is 5.01. The van der Waals surface area contributed by atoms with Gasteiger partial charge in [0.1, 0.15) is 15.0 Å². The van der Waals surface area contributed by atoms with Gasteiger partial charge in [-0.05, 0) is 53.8 Å². The van der Waals surface area contributed by atoms with Crippen molar-refractivity contribution < 1.29 is 0 Å². The third-order valence-corrected chi connectivity index (χ3v) is 7.15. The van der Waals surface area contributed by atoms with Crippen LogP contribution in [0.15, 0.2) is 60.0 Å². The number of aromatic nitrogens is 6. The van der Waals surface area contributed by atoms with Crippen LogP contribution in [-0.4, -0.2) is 30.2 Å². The molecule has 0 bridgehead atoms. The topological polar surface area (TPSA) is 69.4 Å². The van der Waals surface area contributed by atoms with E-state index in [0.29, 0.717) is 5.82 Å². The van der Waals surface area contributed by atoms with Gasteiger partial charge in [0.05, 0.1) is 16.3 Å². The number of pyridine rings is 1. The molecule has 0 N–H and O–H groups in total. The van der Waals surface area contributed by atoms with Gasteiger partial charge in [0.25, 0.3) is 0 Å². The van der Waals surface area contributed by atoms with Crippen LogP contribution in [0.1, 0.15) is 11.4 Å². The fourth-order valence-electron chi connectivity index (χ4n) is 3.86. The van der Waals surface area contributed by atoms with Crippen LogP contribution in [0.25, 0.3) is 47.9 Å². The van der Waals surface area contributed by atoms with Crippen molar-refractivity contribution in [1.82, 2.24) is 30.2 Å². The average Bonchev–Trinajstić information content (AvgIpc) is 3.52. The molecule has 0 atom stereocenters. The summed E-state index contributed by atoms with van der Waals surface area (Å²) in [6.07, 6.45) is 0. The Morgan fingerprint density at radius 2 is 1.81 bits per heavy atom. The lowest BCUT2D eigenvalue weighted by Gasteiger charge is -2.07. The lowest BCUT2D eigenvalue weighted by atomic mass is 10.0. The van der Waals surface area contributed by atoms with Crippen molar-refractivity contribution in [2.45, 2.75) is 13.8 Å². The van der Waals surface area contributed by atoms with Crippen LogP contribution in [0.2, 0.25) is 0 Å². The molecule has 0 saturated carbocycles. The number of hydrogen-bond acceptors (Lipinski definition) is 7. The van der Waals surface area contributed by atoms with E-state index in [-0.39, 0.29) is 0 Å². The van der Waals surface area contributed by atoms with Crippen LogP contribution in [0.3, 0.4) is 0 Å². The number of hydrogen-bond donors (Lipinski definition) is 0. The molecule has 6 rings (SSSR count). The molecule has 150 valence electrons. The summed E-state index contributed by atoms with van der Waals surface area (Å²) in [6, 6.07) is 18.7.